The molecule has 1 amide bonds. The molecular formula is C15H20N2O3. The first kappa shape index (κ1) is 13.2. The van der Waals surface area contributed by atoms with E-state index in [1.165, 1.54) is 0 Å². The van der Waals surface area contributed by atoms with Crippen LogP contribution in [0.4, 0.5) is 5.69 Å². The summed E-state index contributed by atoms with van der Waals surface area (Å²) in [5.74, 6) is 0.178. The number of aromatic hydroxyl groups is 1. The van der Waals surface area contributed by atoms with Crippen molar-refractivity contribution in [3.8, 4) is 5.75 Å². The molecule has 0 spiro atoms. The lowest BCUT2D eigenvalue weighted by molar-refractivity contribution is 0.0703. The van der Waals surface area contributed by atoms with Gasteiger partial charge in [0, 0.05) is 25.1 Å². The van der Waals surface area contributed by atoms with Gasteiger partial charge in [-0.2, -0.15) is 0 Å². The molecule has 5 heteroatoms. The Balaban J connectivity index is 1.79. The number of anilines is 1. The number of benzene rings is 1. The van der Waals surface area contributed by atoms with Crippen molar-refractivity contribution in [2.24, 2.45) is 5.92 Å². The van der Waals surface area contributed by atoms with Crippen LogP contribution in [0.3, 0.4) is 0 Å². The van der Waals surface area contributed by atoms with Gasteiger partial charge in [-0.3, -0.25) is 4.79 Å². The molecule has 1 saturated heterocycles. The number of hydrogen-bond acceptors (Lipinski definition) is 4. The van der Waals surface area contributed by atoms with Crippen LogP contribution < -0.4 is 5.73 Å². The summed E-state index contributed by atoms with van der Waals surface area (Å²) in [5, 5.41) is 9.98. The lowest BCUT2D eigenvalue weighted by atomic mass is 10.1. The van der Waals surface area contributed by atoms with Crippen molar-refractivity contribution < 1.29 is 14.6 Å². The van der Waals surface area contributed by atoms with Crippen LogP contribution in [0.2, 0.25) is 0 Å². The number of hydrogen-bond donors (Lipinski definition) is 2. The molecule has 1 saturated carbocycles. The van der Waals surface area contributed by atoms with Gasteiger partial charge in [0.15, 0.2) is 5.75 Å². The monoisotopic (exact) mass is 276 g/mol. The maximum absolute atomic E-state index is 12.7. The molecule has 0 radical (unpaired) electrons. The summed E-state index contributed by atoms with van der Waals surface area (Å²) < 4.78 is 5.38. The van der Waals surface area contributed by atoms with E-state index in [0.29, 0.717) is 24.1 Å². The third-order valence-corrected chi connectivity index (χ3v) is 4.03. The van der Waals surface area contributed by atoms with Gasteiger partial charge in [-0.25, -0.2) is 0 Å². The zero-order valence-corrected chi connectivity index (χ0v) is 11.4. The van der Waals surface area contributed by atoms with Gasteiger partial charge in [-0.1, -0.05) is 6.07 Å². The Morgan fingerprint density at radius 1 is 1.40 bits per heavy atom. The van der Waals surface area contributed by atoms with Crippen molar-refractivity contribution >= 4 is 11.6 Å². The van der Waals surface area contributed by atoms with Crippen LogP contribution in [-0.2, 0) is 4.74 Å². The van der Waals surface area contributed by atoms with E-state index < -0.39 is 0 Å². The van der Waals surface area contributed by atoms with E-state index in [1.807, 2.05) is 4.90 Å². The highest BCUT2D eigenvalue weighted by Crippen LogP contribution is 2.33. The number of phenolic OH excluding ortho intramolecular Hbond substituents is 1. The molecule has 0 bridgehead atoms. The molecule has 3 rings (SSSR count). The highest BCUT2D eigenvalue weighted by molar-refractivity contribution is 5.98. The Bertz CT molecular complexity index is 508. The molecule has 3 N–H and O–H groups in total. The number of amides is 1. The number of phenols is 1. The lowest BCUT2D eigenvalue weighted by Gasteiger charge is -2.25. The van der Waals surface area contributed by atoms with Gasteiger partial charge in [-0.05, 0) is 31.4 Å². The number of nitrogens with two attached hydrogens (primary N) is 1. The van der Waals surface area contributed by atoms with E-state index in [4.69, 9.17) is 10.5 Å². The Morgan fingerprint density at radius 3 is 2.85 bits per heavy atom. The number of carbonyl (C=O) groups excluding carboxylic acids is 1. The van der Waals surface area contributed by atoms with Gasteiger partial charge in [0.25, 0.3) is 5.91 Å². The number of nitrogen functional groups attached to an aromatic ring is 1. The summed E-state index contributed by atoms with van der Waals surface area (Å²) in [4.78, 5) is 14.5. The minimum Gasteiger partial charge on any atom is -0.505 e. The van der Waals surface area contributed by atoms with Crippen LogP contribution in [0.25, 0.3) is 0 Å². The highest BCUT2D eigenvalue weighted by atomic mass is 16.5. The van der Waals surface area contributed by atoms with Gasteiger partial charge in [-0.15, -0.1) is 0 Å². The topological polar surface area (TPSA) is 75.8 Å². The summed E-state index contributed by atoms with van der Waals surface area (Å²) in [7, 11) is 0. The zero-order chi connectivity index (χ0) is 14.1. The molecule has 2 aliphatic rings. The SMILES string of the molecule is Nc1cccc(C(=O)N(CC2CCOC2)C2CC2)c1O. The third-order valence-electron chi connectivity index (χ3n) is 4.03. The number of carbonyl (C=O) groups is 1. The number of ether oxygens (including phenoxy) is 1. The Hall–Kier alpha value is -1.75. The van der Waals surface area contributed by atoms with E-state index in [0.717, 1.165) is 32.5 Å². The average molecular weight is 276 g/mol. The standard InChI is InChI=1S/C15H20N2O3/c16-13-3-1-2-12(14(13)18)15(19)17(11-4-5-11)8-10-6-7-20-9-10/h1-3,10-11,18H,4-9,16H2. The molecule has 1 heterocycles. The number of para-hydroxylation sites is 1. The van der Waals surface area contributed by atoms with Gasteiger partial charge in [0.05, 0.1) is 17.9 Å². The highest BCUT2D eigenvalue weighted by Gasteiger charge is 2.36. The van der Waals surface area contributed by atoms with E-state index in [9.17, 15) is 9.90 Å². The van der Waals surface area contributed by atoms with Crippen molar-refractivity contribution in [2.75, 3.05) is 25.5 Å². The van der Waals surface area contributed by atoms with Crippen molar-refractivity contribution in [3.63, 3.8) is 0 Å². The second kappa shape index (κ2) is 5.32. The first-order valence-electron chi connectivity index (χ1n) is 7.13. The maximum Gasteiger partial charge on any atom is 0.257 e. The van der Waals surface area contributed by atoms with Crippen LogP contribution in [-0.4, -0.2) is 41.7 Å². The van der Waals surface area contributed by atoms with E-state index in [-0.39, 0.29) is 17.3 Å². The number of rotatable bonds is 4. The third kappa shape index (κ3) is 2.58. The van der Waals surface area contributed by atoms with Crippen molar-refractivity contribution in [1.29, 1.82) is 0 Å². The molecule has 1 unspecified atom stereocenters. The Morgan fingerprint density at radius 2 is 2.20 bits per heavy atom. The molecule has 1 aliphatic carbocycles. The Kier molecular flexibility index (Phi) is 3.53. The first-order valence-corrected chi connectivity index (χ1v) is 7.13. The maximum atomic E-state index is 12.7. The van der Waals surface area contributed by atoms with Crippen LogP contribution >= 0.6 is 0 Å². The van der Waals surface area contributed by atoms with Gasteiger partial charge in [0.1, 0.15) is 0 Å². The van der Waals surface area contributed by atoms with Crippen LogP contribution in [0, 0.1) is 5.92 Å². The molecule has 1 aromatic carbocycles. The van der Waals surface area contributed by atoms with Crippen LogP contribution in [0.5, 0.6) is 5.75 Å². The molecule has 2 fully saturated rings. The fourth-order valence-corrected chi connectivity index (χ4v) is 2.68. The van der Waals surface area contributed by atoms with E-state index in [2.05, 4.69) is 0 Å². The predicted octanol–water partition coefficient (Wildman–Crippen LogP) is 1.62. The fourth-order valence-electron chi connectivity index (χ4n) is 2.68. The molecule has 20 heavy (non-hydrogen) atoms. The second-order valence-electron chi connectivity index (χ2n) is 5.66. The minimum atomic E-state index is -0.121. The van der Waals surface area contributed by atoms with Crippen molar-refractivity contribution in [2.45, 2.75) is 25.3 Å². The summed E-state index contributed by atoms with van der Waals surface area (Å²) in [6, 6.07) is 5.24. The normalized spacial score (nSPS) is 21.9. The van der Waals surface area contributed by atoms with Crippen LogP contribution in [0.1, 0.15) is 29.6 Å². The van der Waals surface area contributed by atoms with Gasteiger partial charge < -0.3 is 20.5 Å². The summed E-state index contributed by atoms with van der Waals surface area (Å²) in [5.41, 5.74) is 6.22. The van der Waals surface area contributed by atoms with E-state index >= 15 is 0 Å². The quantitative estimate of drug-likeness (QED) is 0.647. The minimum absolute atomic E-state index is 0.106. The van der Waals surface area contributed by atoms with Crippen molar-refractivity contribution in [3.05, 3.63) is 23.8 Å². The van der Waals surface area contributed by atoms with E-state index in [1.54, 1.807) is 18.2 Å². The van der Waals surface area contributed by atoms with Crippen molar-refractivity contribution in [1.82, 2.24) is 4.90 Å². The number of nitrogens with zero attached hydrogens (tertiary/aromatic N) is 1. The molecular weight excluding hydrogens is 256 g/mol. The predicted molar refractivity (Wildman–Crippen MR) is 75.5 cm³/mol. The molecule has 0 aromatic heterocycles. The first-order chi connectivity index (χ1) is 9.66. The lowest BCUT2D eigenvalue weighted by Crippen LogP contribution is -2.37. The average Bonchev–Trinajstić information content (AvgIpc) is 3.15. The van der Waals surface area contributed by atoms with Crippen LogP contribution in [0.15, 0.2) is 18.2 Å². The van der Waals surface area contributed by atoms with Gasteiger partial charge in [0.2, 0.25) is 0 Å². The smallest absolute Gasteiger partial charge is 0.257 e. The largest absolute Gasteiger partial charge is 0.505 e. The zero-order valence-electron chi connectivity index (χ0n) is 11.4. The molecule has 108 valence electrons. The molecule has 1 aliphatic heterocycles. The van der Waals surface area contributed by atoms with Gasteiger partial charge >= 0.3 is 0 Å². The Labute approximate surface area is 118 Å². The molecule has 1 atom stereocenters. The second-order valence-corrected chi connectivity index (χ2v) is 5.66. The summed E-state index contributed by atoms with van der Waals surface area (Å²) in [6.45, 7) is 2.21. The molecule has 1 aromatic rings. The fraction of sp³-hybridized carbons (Fsp3) is 0.533. The molecule has 5 nitrogen and oxygen atoms in total. The summed E-state index contributed by atoms with van der Waals surface area (Å²) >= 11 is 0. The summed E-state index contributed by atoms with van der Waals surface area (Å²) in [6.07, 6.45) is 3.09.